The molecule has 22 heavy (non-hydrogen) atoms. The second kappa shape index (κ2) is 5.89. The highest BCUT2D eigenvalue weighted by Gasteiger charge is 2.25. The molecule has 0 radical (unpaired) electrons. The summed E-state index contributed by atoms with van der Waals surface area (Å²) in [5, 5.41) is 41.9. The van der Waals surface area contributed by atoms with E-state index >= 15 is 0 Å². The van der Waals surface area contributed by atoms with Crippen molar-refractivity contribution < 1.29 is 20.1 Å². The molecule has 10 heteroatoms. The van der Waals surface area contributed by atoms with E-state index in [2.05, 4.69) is 31.9 Å². The first kappa shape index (κ1) is 16.2. The lowest BCUT2D eigenvalue weighted by molar-refractivity contribution is -0.386. The number of nitro benzene ring substituents is 2. The standard InChI is InChI=1S/C12H6Br2N2O6/c13-5-1-7(11(17)9(3-5)15(19)20)8-2-6(14)4-10(12(8)18)16(21)22/h1-4,17-18H. The molecule has 2 aromatic carbocycles. The van der Waals surface area contributed by atoms with Gasteiger partial charge >= 0.3 is 11.4 Å². The van der Waals surface area contributed by atoms with Gasteiger partial charge in [-0.1, -0.05) is 31.9 Å². The number of phenols is 2. The Labute approximate surface area is 139 Å². The SMILES string of the molecule is O=[N+]([O-])c1cc(Br)cc(-c2cc(Br)cc([N+](=O)[O-])c2O)c1O. The Kier molecular flexibility index (Phi) is 4.33. The van der Waals surface area contributed by atoms with Crippen molar-refractivity contribution in [2.75, 3.05) is 0 Å². The molecule has 0 aliphatic rings. The molecule has 0 spiro atoms. The second-order valence-electron chi connectivity index (χ2n) is 4.16. The van der Waals surface area contributed by atoms with Crippen molar-refractivity contribution in [3.8, 4) is 22.6 Å². The summed E-state index contributed by atoms with van der Waals surface area (Å²) in [6, 6.07) is 4.80. The topological polar surface area (TPSA) is 127 Å². The van der Waals surface area contributed by atoms with E-state index in [1.54, 1.807) is 0 Å². The van der Waals surface area contributed by atoms with Gasteiger partial charge in [0.15, 0.2) is 0 Å². The van der Waals surface area contributed by atoms with Crippen LogP contribution < -0.4 is 0 Å². The minimum atomic E-state index is -0.799. The first-order chi connectivity index (χ1) is 10.2. The van der Waals surface area contributed by atoms with Crippen molar-refractivity contribution >= 4 is 43.2 Å². The van der Waals surface area contributed by atoms with E-state index in [0.717, 1.165) is 12.1 Å². The number of halogens is 2. The van der Waals surface area contributed by atoms with Gasteiger partial charge in [-0.3, -0.25) is 20.2 Å². The third-order valence-electron chi connectivity index (χ3n) is 2.79. The molecule has 0 fully saturated rings. The van der Waals surface area contributed by atoms with Gasteiger partial charge in [-0.2, -0.15) is 0 Å². The smallest absolute Gasteiger partial charge is 0.312 e. The number of hydrogen-bond donors (Lipinski definition) is 2. The number of phenolic OH excluding ortho intramolecular Hbond substituents is 2. The Bertz CT molecular complexity index is 741. The van der Waals surface area contributed by atoms with Crippen LogP contribution in [0, 0.1) is 20.2 Å². The second-order valence-corrected chi connectivity index (χ2v) is 5.99. The van der Waals surface area contributed by atoms with Crippen molar-refractivity contribution in [3.63, 3.8) is 0 Å². The van der Waals surface area contributed by atoms with Gasteiger partial charge in [-0.05, 0) is 12.1 Å². The number of nitrogens with zero attached hydrogens (tertiary/aromatic N) is 2. The van der Waals surface area contributed by atoms with Crippen LogP contribution in [0.25, 0.3) is 11.1 Å². The Morgan fingerprint density at radius 2 is 1.09 bits per heavy atom. The van der Waals surface area contributed by atoms with Gasteiger partial charge in [0.25, 0.3) is 0 Å². The molecule has 2 N–H and O–H groups in total. The first-order valence-corrected chi connectivity index (χ1v) is 7.15. The fourth-order valence-corrected chi connectivity index (χ4v) is 2.75. The highest BCUT2D eigenvalue weighted by atomic mass is 79.9. The lowest BCUT2D eigenvalue weighted by Crippen LogP contribution is -1.94. The van der Waals surface area contributed by atoms with E-state index in [1.165, 1.54) is 12.1 Å². The summed E-state index contributed by atoms with van der Waals surface area (Å²) in [5.41, 5.74) is -1.40. The highest BCUT2D eigenvalue weighted by molar-refractivity contribution is 9.10. The zero-order valence-corrected chi connectivity index (χ0v) is 13.7. The Balaban J connectivity index is 2.83. The molecular weight excluding hydrogens is 428 g/mol. The van der Waals surface area contributed by atoms with Crippen molar-refractivity contribution in [2.45, 2.75) is 0 Å². The van der Waals surface area contributed by atoms with Crippen LogP contribution in [0.2, 0.25) is 0 Å². The van der Waals surface area contributed by atoms with Gasteiger partial charge in [0.1, 0.15) is 0 Å². The van der Waals surface area contributed by atoms with Crippen LogP contribution in [0.5, 0.6) is 11.5 Å². The summed E-state index contributed by atoms with van der Waals surface area (Å²) in [6.07, 6.45) is 0. The van der Waals surface area contributed by atoms with Crippen LogP contribution in [0.4, 0.5) is 11.4 Å². The van der Waals surface area contributed by atoms with Crippen molar-refractivity contribution in [1.82, 2.24) is 0 Å². The van der Waals surface area contributed by atoms with Gasteiger partial charge in [-0.25, -0.2) is 0 Å². The van der Waals surface area contributed by atoms with Crippen molar-refractivity contribution in [2.24, 2.45) is 0 Å². The van der Waals surface area contributed by atoms with Crippen molar-refractivity contribution in [3.05, 3.63) is 53.4 Å². The van der Waals surface area contributed by atoms with E-state index in [1.807, 2.05) is 0 Å². The summed E-state index contributed by atoms with van der Waals surface area (Å²) in [6.45, 7) is 0. The van der Waals surface area contributed by atoms with Crippen LogP contribution in [0.15, 0.2) is 33.2 Å². The van der Waals surface area contributed by atoms with Gasteiger partial charge in [0.05, 0.1) is 9.85 Å². The Morgan fingerprint density at radius 3 is 1.36 bits per heavy atom. The van der Waals surface area contributed by atoms with E-state index in [4.69, 9.17) is 0 Å². The number of hydrogen-bond acceptors (Lipinski definition) is 6. The lowest BCUT2D eigenvalue weighted by atomic mass is 10.0. The van der Waals surface area contributed by atoms with E-state index in [0.29, 0.717) is 0 Å². The van der Waals surface area contributed by atoms with E-state index in [9.17, 15) is 30.4 Å². The number of aromatic hydroxyl groups is 2. The maximum Gasteiger partial charge on any atom is 0.312 e. The summed E-state index contributed by atoms with van der Waals surface area (Å²) in [4.78, 5) is 20.3. The average Bonchev–Trinajstić information content (AvgIpc) is 2.42. The molecule has 8 nitrogen and oxygen atoms in total. The number of nitro groups is 2. The van der Waals surface area contributed by atoms with Crippen LogP contribution in [0.1, 0.15) is 0 Å². The minimum absolute atomic E-state index is 0.108. The van der Waals surface area contributed by atoms with E-state index < -0.39 is 32.7 Å². The number of benzene rings is 2. The molecule has 2 aromatic rings. The molecule has 0 aromatic heterocycles. The van der Waals surface area contributed by atoms with Crippen LogP contribution in [-0.2, 0) is 0 Å². The molecule has 2 rings (SSSR count). The molecule has 0 aliphatic heterocycles. The van der Waals surface area contributed by atoms with Crippen LogP contribution in [-0.4, -0.2) is 20.1 Å². The molecule has 0 amide bonds. The maximum absolute atomic E-state index is 10.9. The minimum Gasteiger partial charge on any atom is -0.502 e. The Hall–Kier alpha value is -2.20. The fraction of sp³-hybridized carbons (Fsp3) is 0. The van der Waals surface area contributed by atoms with Crippen LogP contribution in [0.3, 0.4) is 0 Å². The van der Waals surface area contributed by atoms with Gasteiger partial charge in [0.2, 0.25) is 11.5 Å². The molecular formula is C12H6Br2N2O6. The molecule has 0 aliphatic carbocycles. The monoisotopic (exact) mass is 432 g/mol. The predicted octanol–water partition coefficient (Wildman–Crippen LogP) is 4.11. The zero-order chi connectivity index (χ0) is 16.6. The van der Waals surface area contributed by atoms with E-state index in [-0.39, 0.29) is 20.1 Å². The molecule has 114 valence electrons. The zero-order valence-electron chi connectivity index (χ0n) is 10.5. The molecule has 0 saturated heterocycles. The molecule has 0 unspecified atom stereocenters. The van der Waals surface area contributed by atoms with Crippen LogP contribution >= 0.6 is 31.9 Å². The lowest BCUT2D eigenvalue weighted by Gasteiger charge is -2.09. The molecule has 0 saturated carbocycles. The molecule has 0 bridgehead atoms. The predicted molar refractivity (Wildman–Crippen MR) is 83.9 cm³/mol. The van der Waals surface area contributed by atoms with Gasteiger partial charge in [-0.15, -0.1) is 0 Å². The quantitative estimate of drug-likeness (QED) is 0.553. The third kappa shape index (κ3) is 2.88. The summed E-state index contributed by atoms with van der Waals surface area (Å²) in [5.74, 6) is -1.40. The average molecular weight is 434 g/mol. The highest BCUT2D eigenvalue weighted by Crippen LogP contribution is 2.46. The largest absolute Gasteiger partial charge is 0.502 e. The molecule has 0 atom stereocenters. The number of rotatable bonds is 3. The Morgan fingerprint density at radius 1 is 0.773 bits per heavy atom. The summed E-state index contributed by atoms with van der Waals surface area (Å²) >= 11 is 6.12. The fourth-order valence-electron chi connectivity index (χ4n) is 1.86. The normalized spacial score (nSPS) is 10.5. The first-order valence-electron chi connectivity index (χ1n) is 5.56. The summed E-state index contributed by atoms with van der Waals surface area (Å²) in [7, 11) is 0. The summed E-state index contributed by atoms with van der Waals surface area (Å²) < 4.78 is 0.544. The maximum atomic E-state index is 10.9. The third-order valence-corrected chi connectivity index (χ3v) is 3.71. The van der Waals surface area contributed by atoms with Gasteiger partial charge < -0.3 is 10.2 Å². The van der Waals surface area contributed by atoms with Gasteiger partial charge in [0, 0.05) is 32.2 Å². The molecule has 0 heterocycles. The van der Waals surface area contributed by atoms with Crippen molar-refractivity contribution in [1.29, 1.82) is 0 Å².